The molecule has 14 aromatic rings. The normalized spacial score (nSPS) is 12.8. The smallest absolute Gasteiger partial charge is 0.166 e. The summed E-state index contributed by atoms with van der Waals surface area (Å²) in [5, 5.41) is 2.12. The van der Waals surface area contributed by atoms with Crippen LogP contribution in [0.15, 0.2) is 271 Å². The Hall–Kier alpha value is -9.97. The van der Waals surface area contributed by atoms with E-state index in [1.165, 1.54) is 6.07 Å². The molecule has 0 aliphatic carbocycles. The Morgan fingerprint density at radius 1 is 0.311 bits per heavy atom. The summed E-state index contributed by atoms with van der Waals surface area (Å²) in [5.74, 6) is 0.972. The summed E-state index contributed by atoms with van der Waals surface area (Å²) < 4.78 is 71.2. The van der Waals surface area contributed by atoms with E-state index in [2.05, 4.69) is 91.0 Å². The van der Waals surface area contributed by atoms with Crippen molar-refractivity contribution in [1.29, 1.82) is 0 Å². The third-order valence-electron chi connectivity index (χ3n) is 13.7. The third-order valence-corrected chi connectivity index (χ3v) is 13.7. The van der Waals surface area contributed by atoms with Gasteiger partial charge in [0.25, 0.3) is 0 Å². The molecule has 0 bridgehead atoms. The fourth-order valence-electron chi connectivity index (χ4n) is 10.2. The van der Waals surface area contributed by atoms with Crippen molar-refractivity contribution < 1.29 is 14.0 Å². The molecule has 0 unspecified atom stereocenters. The molecule has 3 heterocycles. The van der Waals surface area contributed by atoms with Crippen molar-refractivity contribution in [2.75, 3.05) is 0 Å². The number of nitrogens with zero attached hydrogens (tertiary/aromatic N) is 4. The van der Waals surface area contributed by atoms with Crippen LogP contribution in [0, 0.1) is 0 Å². The lowest BCUT2D eigenvalue weighted by Crippen LogP contribution is -2.03. The van der Waals surface area contributed by atoms with Crippen molar-refractivity contribution >= 4 is 43.7 Å². The second-order valence-electron chi connectivity index (χ2n) is 18.2. The Kier molecular flexibility index (Phi) is 8.77. The number of hydrogen-bond acceptors (Lipinski definition) is 4. The van der Waals surface area contributed by atoms with Crippen LogP contribution in [0.5, 0.6) is 0 Å². The Balaban J connectivity index is 0.978. The molecule has 11 aromatic carbocycles. The van der Waals surface area contributed by atoms with Crippen LogP contribution >= 0.6 is 0 Å². The molecule has 0 aliphatic rings. The van der Waals surface area contributed by atoms with Crippen LogP contribution in [0.4, 0.5) is 0 Å². The largest absolute Gasteiger partial charge is 0.455 e. The molecule has 0 radical (unpaired) electrons. The molecular weight excluding hydrogens is 901 g/mol. The van der Waals surface area contributed by atoms with E-state index in [4.69, 9.17) is 26.2 Å². The molecule has 0 saturated heterocycles. The fraction of sp³-hybridized carbons (Fsp3) is 0. The summed E-state index contributed by atoms with van der Waals surface area (Å²) in [4.78, 5) is 15.8. The number of furan rings is 1. The van der Waals surface area contributed by atoms with E-state index in [9.17, 15) is 2.74 Å². The van der Waals surface area contributed by atoms with Gasteiger partial charge in [0.15, 0.2) is 17.5 Å². The van der Waals surface area contributed by atoms with Gasteiger partial charge < -0.3 is 8.98 Å². The maximum absolute atomic E-state index is 9.32. The van der Waals surface area contributed by atoms with Gasteiger partial charge in [-0.1, -0.05) is 200 Å². The van der Waals surface area contributed by atoms with Crippen LogP contribution in [0.25, 0.3) is 139 Å². The van der Waals surface area contributed by atoms with Gasteiger partial charge >= 0.3 is 0 Å². The molecule has 3 aromatic heterocycles. The first-order valence-corrected chi connectivity index (χ1v) is 24.4. The van der Waals surface area contributed by atoms with Crippen molar-refractivity contribution in [2.45, 2.75) is 0 Å². The minimum atomic E-state index is -0.478. The Bertz CT molecular complexity index is 4790. The van der Waals surface area contributed by atoms with E-state index in [-0.39, 0.29) is 57.8 Å². The lowest BCUT2D eigenvalue weighted by molar-refractivity contribution is 0.670. The minimum Gasteiger partial charge on any atom is -0.455 e. The second kappa shape index (κ2) is 18.0. The molecule has 14 rings (SSSR count). The molecule has 0 atom stereocenters. The average Bonchev–Trinajstić information content (AvgIpc) is 3.90. The number of rotatable bonds is 9. The van der Waals surface area contributed by atoms with E-state index in [1.807, 2.05) is 115 Å². The fourth-order valence-corrected chi connectivity index (χ4v) is 10.2. The molecule has 346 valence electrons. The molecule has 0 amide bonds. The Morgan fingerprint density at radius 3 is 1.50 bits per heavy atom. The van der Waals surface area contributed by atoms with Crippen molar-refractivity contribution in [3.8, 4) is 95.5 Å². The molecule has 0 aliphatic heterocycles. The standard InChI is InChI=1S/C69H44N4O/c1-4-19-45(20-5-1)49-37-38-65-61(44-49)59-33-18-32-56(66(59)74-65)50-26-17-28-52(40-50)68-70-67(71-69(72-68)60-31-12-15-36-64(60)73-62-34-13-10-29-57(62)58-30-11-14-35-63(58)73)51-27-16-25-48(39-51)55-42-53(46-21-6-2-7-22-46)41-54(43-55)47-23-8-3-9-24-47/h1-44H/i10D,11D,13D,29D,30D,34D,35D. The van der Waals surface area contributed by atoms with Crippen LogP contribution in [-0.2, 0) is 0 Å². The summed E-state index contributed by atoms with van der Waals surface area (Å²) >= 11 is 0. The SMILES string of the molecule is [2H]c1cc([2H])c2c(c1[2H])c1c([2H])c([2H])c([2H])c([2H])c1n2-c1ccccc1-c1nc(-c2cccc(-c3cc(-c4ccccc4)cc(-c4ccccc4)c3)c2)nc(-c2cccc(-c3cccc4c3oc3ccc(-c5ccccc5)cc34)c2)n1. The highest BCUT2D eigenvalue weighted by Gasteiger charge is 2.21. The zero-order valence-electron chi connectivity index (χ0n) is 46.6. The van der Waals surface area contributed by atoms with Gasteiger partial charge in [-0.2, -0.15) is 0 Å². The zero-order valence-corrected chi connectivity index (χ0v) is 39.6. The Labute approximate surface area is 437 Å². The second-order valence-corrected chi connectivity index (χ2v) is 18.2. The molecule has 5 heteroatoms. The summed E-state index contributed by atoms with van der Waals surface area (Å²) in [7, 11) is 0. The van der Waals surface area contributed by atoms with Gasteiger partial charge in [-0.05, 0) is 117 Å². The molecule has 5 nitrogen and oxygen atoms in total. The molecule has 0 N–H and O–H groups in total. The zero-order chi connectivity index (χ0) is 55.0. The monoisotopic (exact) mass is 951 g/mol. The van der Waals surface area contributed by atoms with E-state index in [0.717, 1.165) is 77.6 Å². The molecular formula is C69H44N4O. The number of para-hydroxylation sites is 4. The van der Waals surface area contributed by atoms with Gasteiger partial charge in [-0.15, -0.1) is 0 Å². The van der Waals surface area contributed by atoms with Crippen molar-refractivity contribution in [2.24, 2.45) is 0 Å². The predicted molar refractivity (Wildman–Crippen MR) is 305 cm³/mol. The lowest BCUT2D eigenvalue weighted by atomic mass is 9.93. The van der Waals surface area contributed by atoms with E-state index in [0.29, 0.717) is 34.0 Å². The summed E-state index contributed by atoms with van der Waals surface area (Å²) in [6.07, 6.45) is 0. The molecule has 74 heavy (non-hydrogen) atoms. The van der Waals surface area contributed by atoms with Gasteiger partial charge in [0.05, 0.1) is 26.3 Å². The first-order chi connectivity index (χ1) is 39.6. The number of hydrogen-bond donors (Lipinski definition) is 0. The van der Waals surface area contributed by atoms with Crippen molar-refractivity contribution in [3.63, 3.8) is 0 Å². The van der Waals surface area contributed by atoms with Gasteiger partial charge in [0.1, 0.15) is 11.2 Å². The number of benzene rings is 11. The highest BCUT2D eigenvalue weighted by Crippen LogP contribution is 2.41. The number of fused-ring (bicyclic) bond motifs is 6. The molecule has 0 fully saturated rings. The van der Waals surface area contributed by atoms with Gasteiger partial charge in [-0.3, -0.25) is 0 Å². The van der Waals surface area contributed by atoms with Crippen molar-refractivity contribution in [1.82, 2.24) is 19.5 Å². The third kappa shape index (κ3) is 7.63. The lowest BCUT2D eigenvalue weighted by Gasteiger charge is -2.15. The highest BCUT2D eigenvalue weighted by molar-refractivity contribution is 6.11. The van der Waals surface area contributed by atoms with Crippen LogP contribution in [0.1, 0.15) is 9.60 Å². The topological polar surface area (TPSA) is 56.7 Å². The Morgan fingerprint density at radius 2 is 0.797 bits per heavy atom. The van der Waals surface area contributed by atoms with Gasteiger partial charge in [0.2, 0.25) is 0 Å². The molecule has 0 spiro atoms. The van der Waals surface area contributed by atoms with E-state index < -0.39 is 12.1 Å². The van der Waals surface area contributed by atoms with Crippen LogP contribution in [0.3, 0.4) is 0 Å². The highest BCUT2D eigenvalue weighted by atomic mass is 16.3. The predicted octanol–water partition coefficient (Wildman–Crippen LogP) is 18.2. The maximum atomic E-state index is 9.32. The summed E-state index contributed by atoms with van der Waals surface area (Å²) in [6, 6.07) is 72.5. The first kappa shape index (κ1) is 36.0. The summed E-state index contributed by atoms with van der Waals surface area (Å²) in [6.45, 7) is 0. The van der Waals surface area contributed by atoms with E-state index in [1.54, 1.807) is 16.7 Å². The average molecular weight is 952 g/mol. The van der Waals surface area contributed by atoms with E-state index >= 15 is 0 Å². The summed E-state index contributed by atoms with van der Waals surface area (Å²) in [5.41, 5.74) is 14.2. The minimum absolute atomic E-state index is 0.0481. The quantitative estimate of drug-likeness (QED) is 0.145. The van der Waals surface area contributed by atoms with Crippen LogP contribution in [-0.4, -0.2) is 19.5 Å². The molecule has 0 saturated carbocycles. The number of aromatic nitrogens is 4. The van der Waals surface area contributed by atoms with Crippen LogP contribution in [0.2, 0.25) is 0 Å². The maximum Gasteiger partial charge on any atom is 0.166 e. The van der Waals surface area contributed by atoms with Crippen molar-refractivity contribution in [3.05, 3.63) is 267 Å². The van der Waals surface area contributed by atoms with Crippen LogP contribution < -0.4 is 0 Å². The van der Waals surface area contributed by atoms with Gasteiger partial charge in [0, 0.05) is 43.8 Å². The first-order valence-electron chi connectivity index (χ1n) is 27.9. The van der Waals surface area contributed by atoms with Gasteiger partial charge in [-0.25, -0.2) is 15.0 Å².